The normalized spacial score (nSPS) is 11.6. The van der Waals surface area contributed by atoms with Crippen LogP contribution in [-0.4, -0.2) is 31.4 Å². The molecule has 3 aromatic heterocycles. The van der Waals surface area contributed by atoms with Crippen LogP contribution >= 0.6 is 11.3 Å². The van der Waals surface area contributed by atoms with Crippen LogP contribution in [0.25, 0.3) is 32.5 Å². The fourth-order valence-electron chi connectivity index (χ4n) is 3.70. The fraction of sp³-hybridized carbons (Fsp3) is 0.208. The second kappa shape index (κ2) is 8.00. The second-order valence-corrected chi connectivity index (χ2v) is 8.72. The molecule has 0 atom stereocenters. The molecule has 0 aliphatic heterocycles. The van der Waals surface area contributed by atoms with Crippen molar-refractivity contribution in [1.29, 1.82) is 0 Å². The number of nitrogens with zero attached hydrogens (tertiary/aromatic N) is 4. The molecule has 5 aromatic rings. The first kappa shape index (κ1) is 19.5. The van der Waals surface area contributed by atoms with Gasteiger partial charge in [0.15, 0.2) is 11.5 Å². The highest BCUT2D eigenvalue weighted by Crippen LogP contribution is 2.34. The largest absolute Gasteiger partial charge is 0.508 e. The predicted octanol–water partition coefficient (Wildman–Crippen LogP) is 5.65. The van der Waals surface area contributed by atoms with Crippen molar-refractivity contribution in [2.24, 2.45) is 0 Å². The number of rotatable bonds is 6. The predicted molar refractivity (Wildman–Crippen MR) is 127 cm³/mol. The minimum atomic E-state index is 0.198. The molecule has 0 fully saturated rings. The van der Waals surface area contributed by atoms with Crippen LogP contribution in [0.5, 0.6) is 5.75 Å². The topological polar surface area (TPSA) is 75.9 Å². The number of benzene rings is 2. The average molecular weight is 430 g/mol. The van der Waals surface area contributed by atoms with E-state index < -0.39 is 0 Å². The minimum absolute atomic E-state index is 0.198. The third-order valence-electron chi connectivity index (χ3n) is 5.31. The second-order valence-electron chi connectivity index (χ2n) is 7.80. The molecule has 0 unspecified atom stereocenters. The summed E-state index contributed by atoms with van der Waals surface area (Å²) in [6.07, 6.45) is 2.66. The number of nitrogens with one attached hydrogen (secondary N) is 1. The monoisotopic (exact) mass is 429 g/mol. The molecule has 0 bridgehead atoms. The van der Waals surface area contributed by atoms with Crippen LogP contribution in [-0.2, 0) is 6.42 Å². The maximum Gasteiger partial charge on any atom is 0.165 e. The van der Waals surface area contributed by atoms with Crippen molar-refractivity contribution in [3.63, 3.8) is 0 Å². The van der Waals surface area contributed by atoms with E-state index in [0.29, 0.717) is 12.4 Å². The first-order chi connectivity index (χ1) is 15.1. The molecule has 5 rings (SSSR count). The number of phenolic OH excluding ortho intramolecular Hbond substituents is 1. The fourth-order valence-corrected chi connectivity index (χ4v) is 4.64. The summed E-state index contributed by atoms with van der Waals surface area (Å²) in [6.45, 7) is 4.92. The van der Waals surface area contributed by atoms with Gasteiger partial charge in [-0.2, -0.15) is 5.10 Å². The summed E-state index contributed by atoms with van der Waals surface area (Å²) >= 11 is 1.71. The van der Waals surface area contributed by atoms with Crippen LogP contribution in [0, 0.1) is 0 Å². The van der Waals surface area contributed by atoms with Crippen LogP contribution in [0.1, 0.15) is 25.5 Å². The standard InChI is InChI=1S/C24H23N5OS/c1-15(2)29-24-19(13-26-29)22(25-12-11-16-7-9-17(30)10-8-16)27-23(28-24)20-14-31-21-6-4-3-5-18(20)21/h3-10,13-15,30H,11-12H2,1-2H3,(H,25,27,28). The Morgan fingerprint density at radius 2 is 1.84 bits per heavy atom. The summed E-state index contributed by atoms with van der Waals surface area (Å²) < 4.78 is 3.17. The molecule has 0 amide bonds. The smallest absolute Gasteiger partial charge is 0.165 e. The van der Waals surface area contributed by atoms with Gasteiger partial charge in [0.2, 0.25) is 0 Å². The van der Waals surface area contributed by atoms with E-state index in [1.165, 1.54) is 4.70 Å². The zero-order valence-corrected chi connectivity index (χ0v) is 18.2. The van der Waals surface area contributed by atoms with E-state index in [2.05, 4.69) is 47.8 Å². The van der Waals surface area contributed by atoms with Gasteiger partial charge in [0.05, 0.1) is 11.6 Å². The highest BCUT2D eigenvalue weighted by atomic mass is 32.1. The average Bonchev–Trinajstić information content (AvgIpc) is 3.39. The maximum atomic E-state index is 9.48. The van der Waals surface area contributed by atoms with Gasteiger partial charge in [0.1, 0.15) is 11.6 Å². The molecule has 3 heterocycles. The summed E-state index contributed by atoms with van der Waals surface area (Å²) in [7, 11) is 0. The zero-order valence-electron chi connectivity index (χ0n) is 17.4. The lowest BCUT2D eigenvalue weighted by Crippen LogP contribution is -2.09. The van der Waals surface area contributed by atoms with Crippen LogP contribution < -0.4 is 5.32 Å². The van der Waals surface area contributed by atoms with Gasteiger partial charge in [-0.3, -0.25) is 0 Å². The van der Waals surface area contributed by atoms with E-state index in [0.717, 1.165) is 39.8 Å². The summed E-state index contributed by atoms with van der Waals surface area (Å²) in [5.74, 6) is 1.78. The Bertz CT molecular complexity index is 1350. The van der Waals surface area contributed by atoms with Gasteiger partial charge in [-0.15, -0.1) is 11.3 Å². The Labute approximate surface area is 184 Å². The van der Waals surface area contributed by atoms with Gasteiger partial charge in [-0.1, -0.05) is 30.3 Å². The maximum absolute atomic E-state index is 9.48. The Balaban J connectivity index is 1.54. The molecule has 0 aliphatic carbocycles. The molecule has 31 heavy (non-hydrogen) atoms. The van der Waals surface area contributed by atoms with E-state index in [1.54, 1.807) is 23.5 Å². The summed E-state index contributed by atoms with van der Waals surface area (Å²) in [5, 5.41) is 21.7. The number of hydrogen-bond acceptors (Lipinski definition) is 6. The molecule has 6 nitrogen and oxygen atoms in total. The summed E-state index contributed by atoms with van der Waals surface area (Å²) in [5.41, 5.74) is 3.03. The van der Waals surface area contributed by atoms with E-state index in [1.807, 2.05) is 29.1 Å². The molecule has 156 valence electrons. The molecule has 7 heteroatoms. The lowest BCUT2D eigenvalue weighted by molar-refractivity contribution is 0.475. The Kier molecular flexibility index (Phi) is 5.03. The van der Waals surface area contributed by atoms with E-state index in [4.69, 9.17) is 9.97 Å². The van der Waals surface area contributed by atoms with Crippen LogP contribution in [0.4, 0.5) is 5.82 Å². The van der Waals surface area contributed by atoms with Crippen LogP contribution in [0.2, 0.25) is 0 Å². The quantitative estimate of drug-likeness (QED) is 0.365. The Morgan fingerprint density at radius 1 is 1.03 bits per heavy atom. The first-order valence-corrected chi connectivity index (χ1v) is 11.2. The Hall–Kier alpha value is -3.45. The van der Waals surface area contributed by atoms with E-state index in [-0.39, 0.29) is 11.8 Å². The van der Waals surface area contributed by atoms with Crippen molar-refractivity contribution >= 4 is 38.3 Å². The molecule has 0 saturated heterocycles. The number of aromatic nitrogens is 4. The molecule has 0 spiro atoms. The molecule has 0 radical (unpaired) electrons. The van der Waals surface area contributed by atoms with E-state index >= 15 is 0 Å². The van der Waals surface area contributed by atoms with Gasteiger partial charge in [-0.05, 0) is 44.0 Å². The lowest BCUT2D eigenvalue weighted by atomic mass is 10.1. The third-order valence-corrected chi connectivity index (χ3v) is 6.27. The van der Waals surface area contributed by atoms with Crippen molar-refractivity contribution in [1.82, 2.24) is 19.7 Å². The van der Waals surface area contributed by atoms with Crippen molar-refractivity contribution in [2.45, 2.75) is 26.3 Å². The first-order valence-electron chi connectivity index (χ1n) is 10.3. The van der Waals surface area contributed by atoms with Gasteiger partial charge < -0.3 is 10.4 Å². The highest BCUT2D eigenvalue weighted by Gasteiger charge is 2.17. The molecule has 2 aromatic carbocycles. The number of phenols is 1. The summed E-state index contributed by atoms with van der Waals surface area (Å²) in [4.78, 5) is 9.82. The highest BCUT2D eigenvalue weighted by molar-refractivity contribution is 7.17. The lowest BCUT2D eigenvalue weighted by Gasteiger charge is -2.11. The Morgan fingerprint density at radius 3 is 2.65 bits per heavy atom. The van der Waals surface area contributed by atoms with Gasteiger partial charge in [-0.25, -0.2) is 14.6 Å². The van der Waals surface area contributed by atoms with Crippen LogP contribution in [0.3, 0.4) is 0 Å². The molecule has 0 aliphatic rings. The van der Waals surface area contributed by atoms with Crippen molar-refractivity contribution < 1.29 is 5.11 Å². The molecule has 2 N–H and O–H groups in total. The third kappa shape index (κ3) is 3.72. The number of hydrogen-bond donors (Lipinski definition) is 2. The number of anilines is 1. The van der Waals surface area contributed by atoms with Crippen molar-refractivity contribution in [3.8, 4) is 17.1 Å². The zero-order chi connectivity index (χ0) is 21.4. The van der Waals surface area contributed by atoms with Crippen LogP contribution in [0.15, 0.2) is 60.1 Å². The number of thiophene rings is 1. The van der Waals surface area contributed by atoms with Crippen molar-refractivity contribution in [3.05, 3.63) is 65.7 Å². The van der Waals surface area contributed by atoms with Gasteiger partial charge in [0, 0.05) is 33.6 Å². The minimum Gasteiger partial charge on any atom is -0.508 e. The van der Waals surface area contributed by atoms with Crippen molar-refractivity contribution in [2.75, 3.05) is 11.9 Å². The van der Waals surface area contributed by atoms with Gasteiger partial charge >= 0.3 is 0 Å². The SMILES string of the molecule is CC(C)n1ncc2c(NCCc3ccc(O)cc3)nc(-c3csc4ccccc34)nc21. The number of fused-ring (bicyclic) bond motifs is 2. The van der Waals surface area contributed by atoms with Gasteiger partial charge in [0.25, 0.3) is 0 Å². The molecular weight excluding hydrogens is 406 g/mol. The summed E-state index contributed by atoms with van der Waals surface area (Å²) in [6, 6.07) is 15.8. The molecule has 0 saturated carbocycles. The number of aromatic hydroxyl groups is 1. The van der Waals surface area contributed by atoms with E-state index in [9.17, 15) is 5.11 Å². The molecular formula is C24H23N5OS.